The normalized spacial score (nSPS) is 16.4. The van der Waals surface area contributed by atoms with Crippen molar-refractivity contribution in [3.05, 3.63) is 54.9 Å². The molecule has 0 spiro atoms. The second-order valence-electron chi connectivity index (χ2n) is 8.29. The van der Waals surface area contributed by atoms with E-state index >= 15 is 0 Å². The maximum Gasteiger partial charge on any atom is 0.242 e. The van der Waals surface area contributed by atoms with Crippen molar-refractivity contribution in [1.29, 1.82) is 0 Å². The maximum atomic E-state index is 13.1. The van der Waals surface area contributed by atoms with Gasteiger partial charge in [-0.2, -0.15) is 0 Å². The van der Waals surface area contributed by atoms with Crippen molar-refractivity contribution < 1.29 is 14.0 Å². The molecule has 1 aromatic carbocycles. The van der Waals surface area contributed by atoms with Gasteiger partial charge >= 0.3 is 0 Å². The molecule has 2 amide bonds. The van der Waals surface area contributed by atoms with Crippen LogP contribution in [0.15, 0.2) is 49.1 Å². The first-order chi connectivity index (χ1) is 15.5. The Morgan fingerprint density at radius 1 is 1.06 bits per heavy atom. The summed E-state index contributed by atoms with van der Waals surface area (Å²) in [5.41, 5.74) is 1.49. The van der Waals surface area contributed by atoms with Crippen molar-refractivity contribution in [3.63, 3.8) is 0 Å². The Kier molecular flexibility index (Phi) is 6.78. The minimum atomic E-state index is -0.286. The van der Waals surface area contributed by atoms with Crippen LogP contribution < -0.4 is 4.90 Å². The molecule has 0 radical (unpaired) electrons. The van der Waals surface area contributed by atoms with Gasteiger partial charge in [-0.25, -0.2) is 4.39 Å². The molecule has 2 fully saturated rings. The predicted molar refractivity (Wildman–Crippen MR) is 120 cm³/mol. The highest BCUT2D eigenvalue weighted by Gasteiger charge is 2.34. The number of amides is 2. The molecule has 0 N–H and O–H groups in total. The number of rotatable bonds is 7. The van der Waals surface area contributed by atoms with Crippen LogP contribution >= 0.6 is 0 Å². The Morgan fingerprint density at radius 3 is 2.50 bits per heavy atom. The average molecular weight is 438 g/mol. The molecule has 168 valence electrons. The first-order valence-corrected chi connectivity index (χ1v) is 11.1. The van der Waals surface area contributed by atoms with Gasteiger partial charge in [0.2, 0.25) is 11.8 Å². The third-order valence-electron chi connectivity index (χ3n) is 5.88. The Morgan fingerprint density at radius 2 is 1.84 bits per heavy atom. The fraction of sp³-hybridized carbons (Fsp3) is 0.417. The standard InChI is InChI=1S/C24H28FN5O2/c1-2-12-30(24(32)19-4-5-19)17-23(31)29-14-3-13-28(15-16-29)22-11-10-21(26-27-22)18-6-8-20(25)9-7-18/h2,6-11,19H,1,3-5,12-17H2. The van der Waals surface area contributed by atoms with Gasteiger partial charge in [0, 0.05) is 44.2 Å². The van der Waals surface area contributed by atoms with E-state index in [4.69, 9.17) is 0 Å². The van der Waals surface area contributed by atoms with E-state index in [2.05, 4.69) is 21.7 Å². The zero-order chi connectivity index (χ0) is 22.5. The number of carbonyl (C=O) groups excluding carboxylic acids is 2. The highest BCUT2D eigenvalue weighted by atomic mass is 19.1. The van der Waals surface area contributed by atoms with Crippen LogP contribution in [0.3, 0.4) is 0 Å². The van der Waals surface area contributed by atoms with E-state index in [1.807, 2.05) is 17.0 Å². The highest BCUT2D eigenvalue weighted by Crippen LogP contribution is 2.31. The van der Waals surface area contributed by atoms with Gasteiger partial charge in [-0.15, -0.1) is 16.8 Å². The van der Waals surface area contributed by atoms with E-state index < -0.39 is 0 Å². The summed E-state index contributed by atoms with van der Waals surface area (Å²) >= 11 is 0. The van der Waals surface area contributed by atoms with Crippen molar-refractivity contribution >= 4 is 17.6 Å². The number of aromatic nitrogens is 2. The number of nitrogens with zero attached hydrogens (tertiary/aromatic N) is 5. The fourth-order valence-corrected chi connectivity index (χ4v) is 3.90. The van der Waals surface area contributed by atoms with Crippen molar-refractivity contribution in [3.8, 4) is 11.3 Å². The molecule has 8 heteroatoms. The van der Waals surface area contributed by atoms with Crippen LogP contribution in [-0.4, -0.2) is 71.1 Å². The summed E-state index contributed by atoms with van der Waals surface area (Å²) in [6, 6.07) is 9.94. The van der Waals surface area contributed by atoms with E-state index in [0.29, 0.717) is 31.9 Å². The van der Waals surface area contributed by atoms with Gasteiger partial charge in [0.15, 0.2) is 5.82 Å². The number of halogens is 1. The van der Waals surface area contributed by atoms with Crippen molar-refractivity contribution in [2.75, 3.05) is 44.2 Å². The second kappa shape index (κ2) is 9.89. The smallest absolute Gasteiger partial charge is 0.242 e. The molecule has 0 unspecified atom stereocenters. The van der Waals surface area contributed by atoms with Gasteiger partial charge in [-0.3, -0.25) is 9.59 Å². The molecular weight excluding hydrogens is 409 g/mol. The molecule has 0 atom stereocenters. The molecule has 2 aliphatic rings. The van der Waals surface area contributed by atoms with E-state index in [-0.39, 0.29) is 30.1 Å². The Hall–Kier alpha value is -3.29. The first-order valence-electron chi connectivity index (χ1n) is 11.1. The SMILES string of the molecule is C=CCN(CC(=O)N1CCCN(c2ccc(-c3ccc(F)cc3)nn2)CC1)C(=O)C1CC1. The van der Waals surface area contributed by atoms with Crippen molar-refractivity contribution in [2.45, 2.75) is 19.3 Å². The summed E-state index contributed by atoms with van der Waals surface area (Å²) in [7, 11) is 0. The van der Waals surface area contributed by atoms with Crippen molar-refractivity contribution in [1.82, 2.24) is 20.0 Å². The van der Waals surface area contributed by atoms with Crippen LogP contribution in [0.1, 0.15) is 19.3 Å². The van der Waals surface area contributed by atoms with Gasteiger partial charge < -0.3 is 14.7 Å². The van der Waals surface area contributed by atoms with E-state index in [1.54, 1.807) is 23.1 Å². The lowest BCUT2D eigenvalue weighted by molar-refractivity contribution is -0.140. The second-order valence-corrected chi connectivity index (χ2v) is 8.29. The number of benzene rings is 1. The van der Waals surface area contributed by atoms with Crippen LogP contribution in [0.25, 0.3) is 11.3 Å². The lowest BCUT2D eigenvalue weighted by Crippen LogP contribution is -2.44. The van der Waals surface area contributed by atoms with Crippen LogP contribution in [0.2, 0.25) is 0 Å². The minimum Gasteiger partial charge on any atom is -0.353 e. The number of anilines is 1. The summed E-state index contributed by atoms with van der Waals surface area (Å²) in [6.07, 6.45) is 4.32. The molecule has 1 aliphatic carbocycles. The largest absolute Gasteiger partial charge is 0.353 e. The number of hydrogen-bond donors (Lipinski definition) is 0. The fourth-order valence-electron chi connectivity index (χ4n) is 3.90. The lowest BCUT2D eigenvalue weighted by Gasteiger charge is -2.26. The van der Waals surface area contributed by atoms with Gasteiger partial charge in [-0.1, -0.05) is 6.08 Å². The molecule has 7 nitrogen and oxygen atoms in total. The van der Waals surface area contributed by atoms with E-state index in [0.717, 1.165) is 37.2 Å². The summed E-state index contributed by atoms with van der Waals surface area (Å²) in [5.74, 6) is 0.583. The Balaban J connectivity index is 1.35. The summed E-state index contributed by atoms with van der Waals surface area (Å²) < 4.78 is 13.1. The molecule has 2 aromatic rings. The molecule has 2 heterocycles. The van der Waals surface area contributed by atoms with Crippen molar-refractivity contribution in [2.24, 2.45) is 5.92 Å². The van der Waals surface area contributed by atoms with E-state index in [9.17, 15) is 14.0 Å². The zero-order valence-electron chi connectivity index (χ0n) is 18.1. The summed E-state index contributed by atoms with van der Waals surface area (Å²) in [6.45, 7) is 6.85. The third-order valence-corrected chi connectivity index (χ3v) is 5.88. The quantitative estimate of drug-likeness (QED) is 0.623. The molecule has 4 rings (SSSR count). The van der Waals surface area contributed by atoms with Crippen LogP contribution in [0.5, 0.6) is 0 Å². The molecule has 1 aromatic heterocycles. The monoisotopic (exact) mass is 437 g/mol. The molecule has 1 saturated carbocycles. The molecule has 32 heavy (non-hydrogen) atoms. The number of hydrogen-bond acceptors (Lipinski definition) is 5. The van der Waals surface area contributed by atoms with Crippen LogP contribution in [0, 0.1) is 11.7 Å². The predicted octanol–water partition coefficient (Wildman–Crippen LogP) is 2.75. The van der Waals surface area contributed by atoms with Gasteiger partial charge in [0.05, 0.1) is 5.69 Å². The maximum absolute atomic E-state index is 13.1. The van der Waals surface area contributed by atoms with Gasteiger partial charge in [0.25, 0.3) is 0 Å². The molecule has 0 bridgehead atoms. The Bertz CT molecular complexity index is 959. The van der Waals surface area contributed by atoms with Gasteiger partial charge in [-0.05, 0) is 55.7 Å². The lowest BCUT2D eigenvalue weighted by atomic mass is 10.1. The third kappa shape index (κ3) is 5.30. The molecule has 1 saturated heterocycles. The first kappa shape index (κ1) is 21.9. The minimum absolute atomic E-state index is 0.0274. The van der Waals surface area contributed by atoms with Crippen LogP contribution in [0.4, 0.5) is 10.2 Å². The average Bonchev–Trinajstić information content (AvgIpc) is 3.66. The number of carbonyl (C=O) groups is 2. The summed E-state index contributed by atoms with van der Waals surface area (Å²) in [5, 5.41) is 8.64. The Labute approximate surface area is 187 Å². The van der Waals surface area contributed by atoms with E-state index in [1.165, 1.54) is 12.1 Å². The topological polar surface area (TPSA) is 69.6 Å². The highest BCUT2D eigenvalue weighted by molar-refractivity contribution is 5.87. The summed E-state index contributed by atoms with van der Waals surface area (Å²) in [4.78, 5) is 30.9. The molecular formula is C24H28FN5O2. The van der Waals surface area contributed by atoms with Gasteiger partial charge in [0.1, 0.15) is 12.4 Å². The molecule has 1 aliphatic heterocycles. The van der Waals surface area contributed by atoms with Crippen LogP contribution in [-0.2, 0) is 9.59 Å². The zero-order valence-corrected chi connectivity index (χ0v) is 18.1.